The molecule has 96 valence electrons. The lowest BCUT2D eigenvalue weighted by molar-refractivity contribution is 0.560. The molecule has 0 fully saturated rings. The van der Waals surface area contributed by atoms with Crippen LogP contribution in [0.25, 0.3) is 0 Å². The lowest BCUT2D eigenvalue weighted by Gasteiger charge is -2.15. The van der Waals surface area contributed by atoms with E-state index in [-0.39, 0.29) is 11.9 Å². The van der Waals surface area contributed by atoms with E-state index in [1.54, 1.807) is 23.9 Å². The van der Waals surface area contributed by atoms with Gasteiger partial charge in [-0.05, 0) is 42.0 Å². The largest absolute Gasteiger partial charge is 0.308 e. The Bertz CT molecular complexity index is 546. The molecular weight excluding hydrogens is 297 g/mol. The highest BCUT2D eigenvalue weighted by Crippen LogP contribution is 2.27. The second-order valence-electron chi connectivity index (χ2n) is 4.20. The summed E-state index contributed by atoms with van der Waals surface area (Å²) in [7, 11) is 3.68. The van der Waals surface area contributed by atoms with Crippen LogP contribution in [0.1, 0.15) is 23.0 Å². The molecule has 0 bridgehead atoms. The molecule has 0 saturated carbocycles. The Morgan fingerprint density at radius 3 is 2.72 bits per heavy atom. The van der Waals surface area contributed by atoms with Gasteiger partial charge in [-0.1, -0.05) is 12.1 Å². The molecule has 1 aromatic carbocycles. The fourth-order valence-electron chi connectivity index (χ4n) is 1.94. The number of rotatable bonds is 3. The van der Waals surface area contributed by atoms with E-state index in [1.807, 2.05) is 26.1 Å². The molecule has 3 nitrogen and oxygen atoms in total. The zero-order valence-electron chi connectivity index (χ0n) is 10.5. The SMILES string of the molecule is CNC(c1cc(C)n(C)n1)c1cccc(Br)c1F. The molecule has 0 spiro atoms. The van der Waals surface area contributed by atoms with Gasteiger partial charge in [-0.3, -0.25) is 4.68 Å². The average Bonchev–Trinajstić information content (AvgIpc) is 2.66. The fourth-order valence-corrected chi connectivity index (χ4v) is 2.32. The van der Waals surface area contributed by atoms with Crippen molar-refractivity contribution in [2.75, 3.05) is 7.05 Å². The molecule has 0 aliphatic rings. The number of benzene rings is 1. The summed E-state index contributed by atoms with van der Waals surface area (Å²) in [5.74, 6) is -0.250. The van der Waals surface area contributed by atoms with E-state index >= 15 is 0 Å². The van der Waals surface area contributed by atoms with Crippen molar-refractivity contribution in [3.63, 3.8) is 0 Å². The topological polar surface area (TPSA) is 29.9 Å². The quantitative estimate of drug-likeness (QED) is 0.944. The number of nitrogens with zero attached hydrogens (tertiary/aromatic N) is 2. The number of nitrogens with one attached hydrogen (secondary N) is 1. The molecule has 0 aliphatic heterocycles. The summed E-state index contributed by atoms with van der Waals surface area (Å²) in [6.45, 7) is 1.97. The first-order chi connectivity index (χ1) is 8.54. The smallest absolute Gasteiger partial charge is 0.142 e. The van der Waals surface area contributed by atoms with Crippen LogP contribution in [0.3, 0.4) is 0 Å². The highest BCUT2D eigenvalue weighted by molar-refractivity contribution is 9.10. The second-order valence-corrected chi connectivity index (χ2v) is 5.05. The van der Waals surface area contributed by atoms with Crippen molar-refractivity contribution in [1.82, 2.24) is 15.1 Å². The first-order valence-electron chi connectivity index (χ1n) is 5.66. The van der Waals surface area contributed by atoms with Gasteiger partial charge in [0.05, 0.1) is 16.2 Å². The van der Waals surface area contributed by atoms with Gasteiger partial charge in [0.15, 0.2) is 0 Å². The molecular formula is C13H15BrFN3. The summed E-state index contributed by atoms with van der Waals surface area (Å²) < 4.78 is 16.4. The molecule has 2 rings (SSSR count). The van der Waals surface area contributed by atoms with Crippen LogP contribution >= 0.6 is 15.9 Å². The number of halogens is 2. The van der Waals surface area contributed by atoms with E-state index in [2.05, 4.69) is 26.3 Å². The number of aromatic nitrogens is 2. The van der Waals surface area contributed by atoms with Gasteiger partial charge >= 0.3 is 0 Å². The molecule has 1 heterocycles. The molecule has 0 saturated heterocycles. The molecule has 1 atom stereocenters. The van der Waals surface area contributed by atoms with Crippen molar-refractivity contribution in [1.29, 1.82) is 0 Å². The normalized spacial score (nSPS) is 12.7. The lowest BCUT2D eigenvalue weighted by Crippen LogP contribution is -2.19. The zero-order valence-corrected chi connectivity index (χ0v) is 12.1. The molecule has 1 unspecified atom stereocenters. The maximum Gasteiger partial charge on any atom is 0.142 e. The summed E-state index contributed by atoms with van der Waals surface area (Å²) in [4.78, 5) is 0. The predicted molar refractivity (Wildman–Crippen MR) is 72.9 cm³/mol. The van der Waals surface area contributed by atoms with Crippen LogP contribution in [-0.2, 0) is 7.05 Å². The number of aryl methyl sites for hydroxylation is 2. The first-order valence-corrected chi connectivity index (χ1v) is 6.45. The maximum atomic E-state index is 14.1. The summed E-state index contributed by atoms with van der Waals surface area (Å²) in [5, 5.41) is 7.51. The minimum Gasteiger partial charge on any atom is -0.308 e. The van der Waals surface area contributed by atoms with Crippen molar-refractivity contribution in [3.8, 4) is 0 Å². The molecule has 1 aromatic heterocycles. The standard InChI is InChI=1S/C13H15BrFN3/c1-8-7-11(17-18(8)3)13(16-2)9-5-4-6-10(14)12(9)15/h4-7,13,16H,1-3H3. The molecule has 0 radical (unpaired) electrons. The highest BCUT2D eigenvalue weighted by Gasteiger charge is 2.20. The Morgan fingerprint density at radius 2 is 2.17 bits per heavy atom. The van der Waals surface area contributed by atoms with E-state index in [0.717, 1.165) is 11.4 Å². The fraction of sp³-hybridized carbons (Fsp3) is 0.308. The minimum absolute atomic E-state index is 0.248. The Morgan fingerprint density at radius 1 is 1.44 bits per heavy atom. The van der Waals surface area contributed by atoms with Gasteiger partial charge < -0.3 is 5.32 Å². The van der Waals surface area contributed by atoms with Gasteiger partial charge in [0.2, 0.25) is 0 Å². The van der Waals surface area contributed by atoms with Gasteiger partial charge in [-0.25, -0.2) is 4.39 Å². The van der Waals surface area contributed by atoms with E-state index in [0.29, 0.717) is 10.0 Å². The van der Waals surface area contributed by atoms with Gasteiger partial charge in [-0.15, -0.1) is 0 Å². The molecule has 18 heavy (non-hydrogen) atoms. The third-order valence-corrected chi connectivity index (χ3v) is 3.62. The second kappa shape index (κ2) is 5.20. The first kappa shape index (κ1) is 13.2. The van der Waals surface area contributed by atoms with E-state index in [1.165, 1.54) is 0 Å². The van der Waals surface area contributed by atoms with Crippen LogP contribution in [0, 0.1) is 12.7 Å². The van der Waals surface area contributed by atoms with Crippen molar-refractivity contribution in [2.24, 2.45) is 7.05 Å². The van der Waals surface area contributed by atoms with Gasteiger partial charge in [0, 0.05) is 18.3 Å². The van der Waals surface area contributed by atoms with E-state index in [9.17, 15) is 4.39 Å². The summed E-state index contributed by atoms with van der Waals surface area (Å²) in [6.07, 6.45) is 0. The van der Waals surface area contributed by atoms with Gasteiger partial charge in [-0.2, -0.15) is 5.10 Å². The van der Waals surface area contributed by atoms with Crippen LogP contribution in [0.2, 0.25) is 0 Å². The van der Waals surface area contributed by atoms with Crippen molar-refractivity contribution in [2.45, 2.75) is 13.0 Å². The number of hydrogen-bond acceptors (Lipinski definition) is 2. The summed E-state index contributed by atoms with van der Waals surface area (Å²) >= 11 is 3.21. The highest BCUT2D eigenvalue weighted by atomic mass is 79.9. The Kier molecular flexibility index (Phi) is 3.82. The molecule has 0 amide bonds. The Hall–Kier alpha value is -1.20. The molecule has 0 aliphatic carbocycles. The van der Waals surface area contributed by atoms with Crippen LogP contribution in [0.5, 0.6) is 0 Å². The third-order valence-electron chi connectivity index (χ3n) is 3.01. The van der Waals surface area contributed by atoms with Crippen LogP contribution in [0.15, 0.2) is 28.7 Å². The molecule has 5 heteroatoms. The molecule has 1 N–H and O–H groups in total. The summed E-state index contributed by atoms with van der Waals surface area (Å²) in [6, 6.07) is 6.99. The van der Waals surface area contributed by atoms with E-state index < -0.39 is 0 Å². The average molecular weight is 312 g/mol. The van der Waals surface area contributed by atoms with Crippen molar-refractivity contribution < 1.29 is 4.39 Å². The van der Waals surface area contributed by atoms with Gasteiger partial charge in [0.25, 0.3) is 0 Å². The number of hydrogen-bond donors (Lipinski definition) is 1. The Labute approximate surface area is 114 Å². The Balaban J connectivity index is 2.48. The third kappa shape index (κ3) is 2.33. The summed E-state index contributed by atoms with van der Waals surface area (Å²) in [5.41, 5.74) is 2.44. The molecule has 2 aromatic rings. The lowest BCUT2D eigenvalue weighted by atomic mass is 10.0. The van der Waals surface area contributed by atoms with Crippen molar-refractivity contribution >= 4 is 15.9 Å². The van der Waals surface area contributed by atoms with Crippen LogP contribution in [-0.4, -0.2) is 16.8 Å². The monoisotopic (exact) mass is 311 g/mol. The maximum absolute atomic E-state index is 14.1. The predicted octanol–water partition coefficient (Wildman–Crippen LogP) is 2.94. The van der Waals surface area contributed by atoms with Crippen molar-refractivity contribution in [3.05, 3.63) is 51.5 Å². The van der Waals surface area contributed by atoms with Crippen LogP contribution < -0.4 is 5.32 Å². The van der Waals surface area contributed by atoms with Crippen LogP contribution in [0.4, 0.5) is 4.39 Å². The zero-order chi connectivity index (χ0) is 13.3. The van der Waals surface area contributed by atoms with E-state index in [4.69, 9.17) is 0 Å². The van der Waals surface area contributed by atoms with Gasteiger partial charge in [0.1, 0.15) is 5.82 Å². The minimum atomic E-state index is -0.250.